The van der Waals surface area contributed by atoms with Crippen molar-refractivity contribution in [2.75, 3.05) is 11.4 Å². The molecule has 0 fully saturated rings. The van der Waals surface area contributed by atoms with Crippen molar-refractivity contribution in [2.45, 2.75) is 71.1 Å². The minimum Gasteiger partial charge on any atom is -0.508 e. The molecule has 0 radical (unpaired) electrons. The number of phenols is 1. The number of ether oxygens (including phenoxy) is 1. The van der Waals surface area contributed by atoms with Crippen molar-refractivity contribution in [2.24, 2.45) is 0 Å². The number of carboxylic acid groups (broad SMARTS) is 1. The standard InChI is InChI=1S/C25H35NO4/c1-2-3-4-5-6-7-8-9-10-11-20-26(25(28)29)21-12-16-23(17-13-21)30-24-18-14-22(27)15-19-24/h12-19,27H,2-11,20H2,1H3,(H,28,29). The molecule has 0 aliphatic rings. The van der Waals surface area contributed by atoms with Crippen LogP contribution in [0.1, 0.15) is 71.1 Å². The van der Waals surface area contributed by atoms with Crippen LogP contribution >= 0.6 is 0 Å². The Morgan fingerprint density at radius 3 is 1.73 bits per heavy atom. The molecule has 0 heterocycles. The first kappa shape index (κ1) is 23.6. The van der Waals surface area contributed by atoms with Crippen molar-refractivity contribution >= 4 is 11.8 Å². The molecule has 0 atom stereocenters. The van der Waals surface area contributed by atoms with Crippen LogP contribution in [-0.4, -0.2) is 22.9 Å². The maximum Gasteiger partial charge on any atom is 0.411 e. The van der Waals surface area contributed by atoms with Crippen LogP contribution in [0.5, 0.6) is 17.2 Å². The van der Waals surface area contributed by atoms with E-state index in [2.05, 4.69) is 6.92 Å². The Labute approximate surface area is 180 Å². The van der Waals surface area contributed by atoms with Gasteiger partial charge in [-0.05, 0) is 55.0 Å². The first-order valence-electron chi connectivity index (χ1n) is 11.2. The molecule has 0 saturated heterocycles. The number of unbranched alkanes of at least 4 members (excludes halogenated alkanes) is 9. The van der Waals surface area contributed by atoms with E-state index in [4.69, 9.17) is 4.74 Å². The summed E-state index contributed by atoms with van der Waals surface area (Å²) in [5.41, 5.74) is 0.650. The average Bonchev–Trinajstić information content (AvgIpc) is 2.74. The van der Waals surface area contributed by atoms with Crippen molar-refractivity contribution < 1.29 is 19.7 Å². The van der Waals surface area contributed by atoms with E-state index in [-0.39, 0.29) is 5.75 Å². The lowest BCUT2D eigenvalue weighted by atomic mass is 10.1. The zero-order valence-corrected chi connectivity index (χ0v) is 18.1. The number of phenolic OH excluding ortho intramolecular Hbond substituents is 1. The highest BCUT2D eigenvalue weighted by atomic mass is 16.5. The molecule has 30 heavy (non-hydrogen) atoms. The Bertz CT molecular complexity index is 728. The summed E-state index contributed by atoms with van der Waals surface area (Å²) in [6.07, 6.45) is 11.3. The molecule has 0 aliphatic heterocycles. The average molecular weight is 414 g/mol. The maximum atomic E-state index is 11.7. The van der Waals surface area contributed by atoms with E-state index in [9.17, 15) is 15.0 Å². The van der Waals surface area contributed by atoms with Gasteiger partial charge in [-0.25, -0.2) is 4.79 Å². The Kier molecular flexibility index (Phi) is 10.6. The molecule has 1 amide bonds. The number of rotatable bonds is 14. The number of amides is 1. The summed E-state index contributed by atoms with van der Waals surface area (Å²) in [7, 11) is 0. The first-order chi connectivity index (χ1) is 14.6. The molecular weight excluding hydrogens is 378 g/mol. The van der Waals surface area contributed by atoms with E-state index in [0.717, 1.165) is 12.8 Å². The van der Waals surface area contributed by atoms with Crippen LogP contribution in [0.15, 0.2) is 48.5 Å². The Morgan fingerprint density at radius 1 is 0.767 bits per heavy atom. The van der Waals surface area contributed by atoms with Crippen molar-refractivity contribution in [3.63, 3.8) is 0 Å². The van der Waals surface area contributed by atoms with Gasteiger partial charge in [-0.3, -0.25) is 4.90 Å². The highest BCUT2D eigenvalue weighted by Crippen LogP contribution is 2.26. The molecule has 164 valence electrons. The van der Waals surface area contributed by atoms with E-state index >= 15 is 0 Å². The van der Waals surface area contributed by atoms with Crippen LogP contribution in [0.3, 0.4) is 0 Å². The molecule has 5 nitrogen and oxygen atoms in total. The summed E-state index contributed by atoms with van der Waals surface area (Å²) >= 11 is 0. The molecule has 0 bridgehead atoms. The van der Waals surface area contributed by atoms with E-state index in [1.165, 1.54) is 56.3 Å². The lowest BCUT2D eigenvalue weighted by Crippen LogP contribution is -2.30. The second-order valence-electron chi connectivity index (χ2n) is 7.71. The van der Waals surface area contributed by atoms with Gasteiger partial charge in [0.25, 0.3) is 0 Å². The van der Waals surface area contributed by atoms with Crippen LogP contribution in [0.2, 0.25) is 0 Å². The van der Waals surface area contributed by atoms with Crippen LogP contribution in [0.25, 0.3) is 0 Å². The third-order valence-corrected chi connectivity index (χ3v) is 5.19. The van der Waals surface area contributed by atoms with Gasteiger partial charge in [0.05, 0.1) is 0 Å². The van der Waals surface area contributed by atoms with E-state index in [1.54, 1.807) is 48.5 Å². The second-order valence-corrected chi connectivity index (χ2v) is 7.71. The number of anilines is 1. The smallest absolute Gasteiger partial charge is 0.411 e. The normalized spacial score (nSPS) is 10.7. The third kappa shape index (κ3) is 8.76. The molecule has 0 unspecified atom stereocenters. The van der Waals surface area contributed by atoms with Gasteiger partial charge >= 0.3 is 6.09 Å². The highest BCUT2D eigenvalue weighted by molar-refractivity contribution is 5.86. The van der Waals surface area contributed by atoms with E-state index in [1.807, 2.05) is 0 Å². The minimum absolute atomic E-state index is 0.182. The van der Waals surface area contributed by atoms with Crippen LogP contribution < -0.4 is 9.64 Å². The van der Waals surface area contributed by atoms with Crippen LogP contribution in [-0.2, 0) is 0 Å². The molecular formula is C25H35NO4. The number of nitrogens with zero attached hydrogens (tertiary/aromatic N) is 1. The molecule has 0 aliphatic carbocycles. The lowest BCUT2D eigenvalue weighted by molar-refractivity contribution is 0.201. The van der Waals surface area contributed by atoms with Crippen molar-refractivity contribution in [1.82, 2.24) is 0 Å². The molecule has 0 aromatic heterocycles. The number of hydrogen-bond acceptors (Lipinski definition) is 3. The number of carbonyl (C=O) groups is 1. The monoisotopic (exact) mass is 413 g/mol. The number of aromatic hydroxyl groups is 1. The summed E-state index contributed by atoms with van der Waals surface area (Å²) in [6, 6.07) is 13.5. The van der Waals surface area contributed by atoms with Crippen molar-refractivity contribution in [1.29, 1.82) is 0 Å². The summed E-state index contributed by atoms with van der Waals surface area (Å²) in [4.78, 5) is 13.1. The Balaban J connectivity index is 1.72. The fourth-order valence-electron chi connectivity index (χ4n) is 3.44. The summed E-state index contributed by atoms with van der Waals surface area (Å²) in [5, 5.41) is 18.9. The second kappa shape index (κ2) is 13.5. The van der Waals surface area contributed by atoms with Gasteiger partial charge in [0, 0.05) is 12.2 Å². The van der Waals surface area contributed by atoms with Crippen LogP contribution in [0.4, 0.5) is 10.5 Å². The quantitative estimate of drug-likeness (QED) is 0.313. The van der Waals surface area contributed by atoms with Gasteiger partial charge in [-0.1, -0.05) is 64.7 Å². The first-order valence-corrected chi connectivity index (χ1v) is 11.2. The summed E-state index contributed by atoms with van der Waals surface area (Å²) < 4.78 is 5.72. The van der Waals surface area contributed by atoms with Crippen molar-refractivity contribution in [3.05, 3.63) is 48.5 Å². The van der Waals surface area contributed by atoms with Gasteiger partial charge in [0.2, 0.25) is 0 Å². The number of benzene rings is 2. The van der Waals surface area contributed by atoms with E-state index < -0.39 is 6.09 Å². The zero-order chi connectivity index (χ0) is 21.6. The molecule has 2 aromatic carbocycles. The van der Waals surface area contributed by atoms with Crippen LogP contribution in [0, 0.1) is 0 Å². The minimum atomic E-state index is -0.932. The third-order valence-electron chi connectivity index (χ3n) is 5.19. The Morgan fingerprint density at radius 2 is 1.23 bits per heavy atom. The predicted molar refractivity (Wildman–Crippen MR) is 122 cm³/mol. The van der Waals surface area contributed by atoms with Gasteiger partial charge in [0.1, 0.15) is 17.2 Å². The van der Waals surface area contributed by atoms with Crippen molar-refractivity contribution in [3.8, 4) is 17.2 Å². The Hall–Kier alpha value is -2.69. The maximum absolute atomic E-state index is 11.7. The zero-order valence-electron chi connectivity index (χ0n) is 18.1. The molecule has 2 rings (SSSR count). The fourth-order valence-corrected chi connectivity index (χ4v) is 3.44. The van der Waals surface area contributed by atoms with Gasteiger partial charge < -0.3 is 14.9 Å². The van der Waals surface area contributed by atoms with Gasteiger partial charge in [-0.2, -0.15) is 0 Å². The van der Waals surface area contributed by atoms with E-state index in [0.29, 0.717) is 23.7 Å². The molecule has 2 aromatic rings. The molecule has 2 N–H and O–H groups in total. The highest BCUT2D eigenvalue weighted by Gasteiger charge is 2.14. The topological polar surface area (TPSA) is 70.0 Å². The largest absolute Gasteiger partial charge is 0.508 e. The molecule has 0 spiro atoms. The predicted octanol–water partition coefficient (Wildman–Crippen LogP) is 7.59. The SMILES string of the molecule is CCCCCCCCCCCCN(C(=O)O)c1ccc(Oc2ccc(O)cc2)cc1. The summed E-state index contributed by atoms with van der Waals surface area (Å²) in [5.74, 6) is 1.41. The molecule has 5 heteroatoms. The lowest BCUT2D eigenvalue weighted by Gasteiger charge is -2.19. The summed E-state index contributed by atoms with van der Waals surface area (Å²) in [6.45, 7) is 2.74. The number of hydrogen-bond donors (Lipinski definition) is 2. The van der Waals surface area contributed by atoms with Gasteiger partial charge in [0.15, 0.2) is 0 Å². The fraction of sp³-hybridized carbons (Fsp3) is 0.480. The molecule has 0 saturated carbocycles. The van der Waals surface area contributed by atoms with Gasteiger partial charge in [-0.15, -0.1) is 0 Å².